The molecule has 1 heterocycles. The van der Waals surface area contributed by atoms with Gasteiger partial charge in [-0.15, -0.1) is 0 Å². The maximum atomic E-state index is 12.4. The van der Waals surface area contributed by atoms with Crippen molar-refractivity contribution in [1.82, 2.24) is 4.90 Å². The number of carbonyl (C=O) groups is 3. The van der Waals surface area contributed by atoms with E-state index in [0.29, 0.717) is 10.6 Å². The van der Waals surface area contributed by atoms with Crippen LogP contribution in [0.2, 0.25) is 0 Å². The van der Waals surface area contributed by atoms with E-state index in [4.69, 9.17) is 5.26 Å². The number of rotatable bonds is 5. The number of anilines is 1. The molecule has 1 aliphatic rings. The van der Waals surface area contributed by atoms with Crippen LogP contribution in [0.4, 0.5) is 11.4 Å². The molecular formula is C18H12N4O5. The molecule has 0 atom stereocenters. The van der Waals surface area contributed by atoms with Crippen molar-refractivity contribution < 1.29 is 19.3 Å². The number of amides is 3. The highest BCUT2D eigenvalue weighted by Crippen LogP contribution is 2.30. The van der Waals surface area contributed by atoms with E-state index in [1.165, 1.54) is 12.1 Å². The fourth-order valence-corrected chi connectivity index (χ4v) is 2.75. The van der Waals surface area contributed by atoms with Crippen LogP contribution < -0.4 is 5.32 Å². The maximum absolute atomic E-state index is 12.4. The van der Waals surface area contributed by atoms with E-state index in [1.807, 2.05) is 6.07 Å². The quantitative estimate of drug-likeness (QED) is 0.489. The molecule has 0 saturated heterocycles. The number of fused-ring (bicyclic) bond motifs is 1. The summed E-state index contributed by atoms with van der Waals surface area (Å²) < 4.78 is 0. The lowest BCUT2D eigenvalue weighted by molar-refractivity contribution is -0.385. The van der Waals surface area contributed by atoms with Crippen LogP contribution in [0.3, 0.4) is 0 Å². The summed E-state index contributed by atoms with van der Waals surface area (Å²) in [6, 6.07) is 12.3. The molecular weight excluding hydrogens is 352 g/mol. The van der Waals surface area contributed by atoms with Crippen LogP contribution in [0.5, 0.6) is 0 Å². The van der Waals surface area contributed by atoms with Crippen molar-refractivity contribution in [3.63, 3.8) is 0 Å². The van der Waals surface area contributed by atoms with E-state index in [0.717, 1.165) is 11.6 Å². The van der Waals surface area contributed by atoms with Crippen molar-refractivity contribution in [3.05, 3.63) is 69.3 Å². The standard InChI is InChI=1S/C18H12N4O5/c19-9-8-11-4-6-12(7-5-11)20-15(23)10-21-17(24)13-2-1-3-14(22(26)27)16(13)18(21)25/h1-7H,8,10H2,(H,20,23). The molecule has 1 aliphatic heterocycles. The minimum atomic E-state index is -0.873. The van der Waals surface area contributed by atoms with E-state index >= 15 is 0 Å². The zero-order valence-corrected chi connectivity index (χ0v) is 13.8. The summed E-state index contributed by atoms with van der Waals surface area (Å²) in [5, 5.41) is 22.3. The first-order chi connectivity index (χ1) is 12.9. The molecule has 134 valence electrons. The fraction of sp³-hybridized carbons (Fsp3) is 0.111. The second kappa shape index (κ2) is 7.05. The van der Waals surface area contributed by atoms with Crippen molar-refractivity contribution in [3.8, 4) is 6.07 Å². The summed E-state index contributed by atoms with van der Waals surface area (Å²) in [7, 11) is 0. The SMILES string of the molecule is N#CCc1ccc(NC(=O)CN2C(=O)c3cccc([N+](=O)[O-])c3C2=O)cc1. The molecule has 0 unspecified atom stereocenters. The Labute approximate surface area is 153 Å². The van der Waals surface area contributed by atoms with E-state index in [1.54, 1.807) is 24.3 Å². The van der Waals surface area contributed by atoms with Crippen molar-refractivity contribution in [2.75, 3.05) is 11.9 Å². The van der Waals surface area contributed by atoms with Crippen molar-refractivity contribution in [2.45, 2.75) is 6.42 Å². The molecule has 3 amide bonds. The summed E-state index contributed by atoms with van der Waals surface area (Å²) in [4.78, 5) is 48.0. The van der Waals surface area contributed by atoms with Gasteiger partial charge in [-0.25, -0.2) is 0 Å². The lowest BCUT2D eigenvalue weighted by Crippen LogP contribution is -2.37. The Morgan fingerprint density at radius 2 is 1.85 bits per heavy atom. The molecule has 2 aromatic carbocycles. The van der Waals surface area contributed by atoms with Crippen molar-refractivity contribution in [2.24, 2.45) is 0 Å². The highest BCUT2D eigenvalue weighted by atomic mass is 16.6. The molecule has 9 heteroatoms. The fourth-order valence-electron chi connectivity index (χ4n) is 2.75. The van der Waals surface area contributed by atoms with Gasteiger partial charge < -0.3 is 5.32 Å². The van der Waals surface area contributed by atoms with Crippen LogP contribution in [0, 0.1) is 21.4 Å². The Morgan fingerprint density at radius 3 is 2.48 bits per heavy atom. The Balaban J connectivity index is 1.74. The summed E-state index contributed by atoms with van der Waals surface area (Å²) in [5.41, 5.74) is 0.346. The molecule has 0 radical (unpaired) electrons. The topological polar surface area (TPSA) is 133 Å². The van der Waals surface area contributed by atoms with Gasteiger partial charge in [0.25, 0.3) is 17.5 Å². The second-order valence-electron chi connectivity index (χ2n) is 5.73. The lowest BCUT2D eigenvalue weighted by Gasteiger charge is -2.13. The zero-order valence-electron chi connectivity index (χ0n) is 13.8. The summed E-state index contributed by atoms with van der Waals surface area (Å²) in [5.74, 6) is -2.25. The monoisotopic (exact) mass is 364 g/mol. The number of hydrogen-bond donors (Lipinski definition) is 1. The van der Waals surface area contributed by atoms with Gasteiger partial charge in [0.05, 0.1) is 23.0 Å². The van der Waals surface area contributed by atoms with Gasteiger partial charge in [-0.3, -0.25) is 29.4 Å². The summed E-state index contributed by atoms with van der Waals surface area (Å²) >= 11 is 0. The van der Waals surface area contributed by atoms with Crippen LogP contribution >= 0.6 is 0 Å². The first-order valence-electron chi connectivity index (χ1n) is 7.81. The Kier molecular flexibility index (Phi) is 4.64. The number of hydrogen-bond acceptors (Lipinski definition) is 6. The Bertz CT molecular complexity index is 1010. The predicted molar refractivity (Wildman–Crippen MR) is 92.9 cm³/mol. The van der Waals surface area contributed by atoms with Gasteiger partial charge in [0.2, 0.25) is 5.91 Å². The van der Waals surface area contributed by atoms with Gasteiger partial charge in [-0.05, 0) is 23.8 Å². The van der Waals surface area contributed by atoms with E-state index < -0.39 is 34.9 Å². The Hall–Kier alpha value is -4.06. The third-order valence-electron chi connectivity index (χ3n) is 4.00. The number of carbonyl (C=O) groups excluding carboxylic acids is 3. The predicted octanol–water partition coefficient (Wildman–Crippen LogP) is 1.90. The van der Waals surface area contributed by atoms with Crippen molar-refractivity contribution >= 4 is 29.1 Å². The van der Waals surface area contributed by atoms with Crippen molar-refractivity contribution in [1.29, 1.82) is 5.26 Å². The maximum Gasteiger partial charge on any atom is 0.282 e. The molecule has 0 aliphatic carbocycles. The van der Waals surface area contributed by atoms with Gasteiger partial charge in [0, 0.05) is 11.8 Å². The molecule has 0 saturated carbocycles. The van der Waals surface area contributed by atoms with E-state index in [2.05, 4.69) is 5.32 Å². The third kappa shape index (κ3) is 3.36. The molecule has 0 bridgehead atoms. The smallest absolute Gasteiger partial charge is 0.282 e. The summed E-state index contributed by atoms with van der Waals surface area (Å²) in [6.45, 7) is -0.566. The van der Waals surface area contributed by atoms with Gasteiger partial charge in [-0.2, -0.15) is 5.26 Å². The number of nitrogens with zero attached hydrogens (tertiary/aromatic N) is 3. The number of nitrogens with one attached hydrogen (secondary N) is 1. The van der Waals surface area contributed by atoms with Gasteiger partial charge in [0.15, 0.2) is 0 Å². The first-order valence-corrected chi connectivity index (χ1v) is 7.81. The van der Waals surface area contributed by atoms with Crippen LogP contribution in [0.25, 0.3) is 0 Å². The number of nitro benzene ring substituents is 1. The molecule has 27 heavy (non-hydrogen) atoms. The minimum absolute atomic E-state index is 0.0946. The average molecular weight is 364 g/mol. The van der Waals surface area contributed by atoms with E-state index in [9.17, 15) is 24.5 Å². The second-order valence-corrected chi connectivity index (χ2v) is 5.73. The number of imide groups is 1. The highest BCUT2D eigenvalue weighted by Gasteiger charge is 2.41. The number of benzene rings is 2. The molecule has 1 N–H and O–H groups in total. The third-order valence-corrected chi connectivity index (χ3v) is 4.00. The zero-order chi connectivity index (χ0) is 19.6. The van der Waals surface area contributed by atoms with E-state index in [-0.39, 0.29) is 17.5 Å². The van der Waals surface area contributed by atoms with Gasteiger partial charge in [-0.1, -0.05) is 18.2 Å². The van der Waals surface area contributed by atoms with Crippen LogP contribution in [-0.4, -0.2) is 34.1 Å². The van der Waals surface area contributed by atoms with Crippen LogP contribution in [0.15, 0.2) is 42.5 Å². The van der Waals surface area contributed by atoms with Crippen LogP contribution in [-0.2, 0) is 11.2 Å². The molecule has 3 rings (SSSR count). The Morgan fingerprint density at radius 1 is 1.15 bits per heavy atom. The average Bonchev–Trinajstić information content (AvgIpc) is 2.88. The molecule has 9 nitrogen and oxygen atoms in total. The van der Waals surface area contributed by atoms with Gasteiger partial charge in [0.1, 0.15) is 12.1 Å². The number of nitriles is 1. The van der Waals surface area contributed by atoms with Gasteiger partial charge >= 0.3 is 0 Å². The summed E-state index contributed by atoms with van der Waals surface area (Å²) in [6.07, 6.45) is 0.238. The number of nitro groups is 1. The normalized spacial score (nSPS) is 12.5. The minimum Gasteiger partial charge on any atom is -0.325 e. The highest BCUT2D eigenvalue weighted by molar-refractivity contribution is 6.24. The first kappa shape index (κ1) is 17.8. The van der Waals surface area contributed by atoms with Crippen LogP contribution in [0.1, 0.15) is 26.3 Å². The lowest BCUT2D eigenvalue weighted by atomic mass is 10.1. The molecule has 2 aromatic rings. The molecule has 0 fully saturated rings. The molecule has 0 aromatic heterocycles. The largest absolute Gasteiger partial charge is 0.325 e. The molecule has 0 spiro atoms.